The lowest BCUT2D eigenvalue weighted by molar-refractivity contribution is 0.356. The molecule has 0 bridgehead atoms. The number of nitrogens with one attached hydrogen (secondary N) is 1. The highest BCUT2D eigenvalue weighted by atomic mass is 32.1. The van der Waals surface area contributed by atoms with Crippen molar-refractivity contribution in [2.24, 2.45) is 11.8 Å². The lowest BCUT2D eigenvalue weighted by Gasteiger charge is -2.34. The Kier molecular flexibility index (Phi) is 4.05. The minimum absolute atomic E-state index is 0.788. The molecule has 2 rings (SSSR count). The van der Waals surface area contributed by atoms with Gasteiger partial charge in [0.1, 0.15) is 0 Å². The first-order chi connectivity index (χ1) is 8.10. The van der Waals surface area contributed by atoms with Crippen molar-refractivity contribution in [2.75, 3.05) is 25.0 Å². The molecule has 2 heterocycles. The van der Waals surface area contributed by atoms with Crippen LogP contribution >= 0.6 is 11.3 Å². The summed E-state index contributed by atoms with van der Waals surface area (Å²) in [6, 6.07) is 0. The molecule has 17 heavy (non-hydrogen) atoms. The Balaban J connectivity index is 2.13. The Morgan fingerprint density at radius 2 is 2.00 bits per heavy atom. The van der Waals surface area contributed by atoms with Crippen LogP contribution in [0, 0.1) is 18.8 Å². The third-order valence-corrected chi connectivity index (χ3v) is 4.58. The Bertz CT molecular complexity index is 365. The highest BCUT2D eigenvalue weighted by Gasteiger charge is 2.24. The van der Waals surface area contributed by atoms with E-state index in [4.69, 9.17) is 4.98 Å². The van der Waals surface area contributed by atoms with Crippen LogP contribution in [0.2, 0.25) is 0 Å². The van der Waals surface area contributed by atoms with Gasteiger partial charge >= 0.3 is 0 Å². The van der Waals surface area contributed by atoms with Crippen molar-refractivity contribution in [3.8, 4) is 0 Å². The molecule has 1 aliphatic rings. The SMILES string of the molecule is CNCc1sc(N2CC(C)CC(C)C2)nc1C. The smallest absolute Gasteiger partial charge is 0.185 e. The summed E-state index contributed by atoms with van der Waals surface area (Å²) in [7, 11) is 1.99. The van der Waals surface area contributed by atoms with Crippen LogP contribution in [-0.2, 0) is 6.54 Å². The molecule has 1 aromatic heterocycles. The molecule has 0 saturated carbocycles. The van der Waals surface area contributed by atoms with E-state index in [1.54, 1.807) is 0 Å². The molecule has 0 spiro atoms. The van der Waals surface area contributed by atoms with Crippen LogP contribution in [0.5, 0.6) is 0 Å². The number of hydrogen-bond acceptors (Lipinski definition) is 4. The van der Waals surface area contributed by atoms with E-state index in [9.17, 15) is 0 Å². The lowest BCUT2D eigenvalue weighted by atomic mass is 9.92. The number of rotatable bonds is 3. The number of piperidine rings is 1. The summed E-state index contributed by atoms with van der Waals surface area (Å²) in [6.07, 6.45) is 1.35. The number of thiazole rings is 1. The molecule has 2 unspecified atom stereocenters. The van der Waals surface area contributed by atoms with Gasteiger partial charge in [0.05, 0.1) is 5.69 Å². The first-order valence-electron chi connectivity index (χ1n) is 6.46. The van der Waals surface area contributed by atoms with Crippen molar-refractivity contribution >= 4 is 16.5 Å². The fraction of sp³-hybridized carbons (Fsp3) is 0.769. The van der Waals surface area contributed by atoms with Crippen LogP contribution in [0.15, 0.2) is 0 Å². The fourth-order valence-electron chi connectivity index (χ4n) is 2.69. The first-order valence-corrected chi connectivity index (χ1v) is 7.27. The van der Waals surface area contributed by atoms with Crippen molar-refractivity contribution in [3.05, 3.63) is 10.6 Å². The van der Waals surface area contributed by atoms with Crippen molar-refractivity contribution in [1.29, 1.82) is 0 Å². The average Bonchev–Trinajstić information content (AvgIpc) is 2.60. The predicted molar refractivity (Wildman–Crippen MR) is 74.8 cm³/mol. The van der Waals surface area contributed by atoms with Crippen molar-refractivity contribution < 1.29 is 0 Å². The molecule has 3 nitrogen and oxygen atoms in total. The maximum absolute atomic E-state index is 4.73. The van der Waals surface area contributed by atoms with Gasteiger partial charge in [0, 0.05) is 24.5 Å². The van der Waals surface area contributed by atoms with Crippen LogP contribution in [0.1, 0.15) is 30.8 Å². The number of anilines is 1. The quantitative estimate of drug-likeness (QED) is 0.897. The van der Waals surface area contributed by atoms with Gasteiger partial charge in [-0.1, -0.05) is 13.8 Å². The average molecular weight is 253 g/mol. The van der Waals surface area contributed by atoms with Crippen molar-refractivity contribution in [2.45, 2.75) is 33.7 Å². The summed E-state index contributed by atoms with van der Waals surface area (Å²) >= 11 is 1.85. The van der Waals surface area contributed by atoms with Crippen LogP contribution in [-0.4, -0.2) is 25.1 Å². The molecule has 0 aromatic carbocycles. The van der Waals surface area contributed by atoms with Gasteiger partial charge in [-0.15, -0.1) is 11.3 Å². The highest BCUT2D eigenvalue weighted by Crippen LogP contribution is 2.31. The summed E-state index contributed by atoms with van der Waals surface area (Å²) in [4.78, 5) is 8.56. The molecule has 4 heteroatoms. The van der Waals surface area contributed by atoms with E-state index < -0.39 is 0 Å². The van der Waals surface area contributed by atoms with Gasteiger partial charge in [0.25, 0.3) is 0 Å². The second-order valence-corrected chi connectivity index (χ2v) is 6.45. The fourth-order valence-corrected chi connectivity index (χ4v) is 3.78. The van der Waals surface area contributed by atoms with Gasteiger partial charge in [-0.3, -0.25) is 0 Å². The minimum atomic E-state index is 0.788. The summed E-state index contributed by atoms with van der Waals surface area (Å²) < 4.78 is 0. The van der Waals surface area contributed by atoms with Gasteiger partial charge < -0.3 is 10.2 Å². The molecule has 2 atom stereocenters. The monoisotopic (exact) mass is 253 g/mol. The van der Waals surface area contributed by atoms with E-state index in [0.29, 0.717) is 0 Å². The molecule has 1 aromatic rings. The Hall–Kier alpha value is -0.610. The molecule has 1 aliphatic heterocycles. The van der Waals surface area contributed by atoms with Crippen LogP contribution in [0.3, 0.4) is 0 Å². The zero-order chi connectivity index (χ0) is 12.4. The van der Waals surface area contributed by atoms with E-state index in [1.165, 1.54) is 22.1 Å². The summed E-state index contributed by atoms with van der Waals surface area (Å²) in [5.74, 6) is 1.58. The molecule has 96 valence electrons. The molecule has 1 saturated heterocycles. The molecule has 1 N–H and O–H groups in total. The second-order valence-electron chi connectivity index (χ2n) is 5.39. The summed E-state index contributed by atoms with van der Waals surface area (Å²) in [5.41, 5.74) is 1.19. The first kappa shape index (κ1) is 12.8. The van der Waals surface area contributed by atoms with Gasteiger partial charge in [-0.2, -0.15) is 0 Å². The largest absolute Gasteiger partial charge is 0.348 e. The van der Waals surface area contributed by atoms with Crippen LogP contribution in [0.4, 0.5) is 5.13 Å². The third kappa shape index (κ3) is 2.99. The van der Waals surface area contributed by atoms with E-state index in [1.807, 2.05) is 18.4 Å². The number of aryl methyl sites for hydroxylation is 1. The van der Waals surface area contributed by atoms with Crippen molar-refractivity contribution in [3.63, 3.8) is 0 Å². The lowest BCUT2D eigenvalue weighted by Crippen LogP contribution is -2.38. The Labute approximate surface area is 108 Å². The topological polar surface area (TPSA) is 28.2 Å². The summed E-state index contributed by atoms with van der Waals surface area (Å²) in [6.45, 7) is 10.1. The third-order valence-electron chi connectivity index (χ3n) is 3.36. The molecule has 1 fully saturated rings. The highest BCUT2D eigenvalue weighted by molar-refractivity contribution is 7.15. The zero-order valence-electron chi connectivity index (χ0n) is 11.3. The molecular weight excluding hydrogens is 230 g/mol. The second kappa shape index (κ2) is 5.36. The van der Waals surface area contributed by atoms with Crippen molar-refractivity contribution in [1.82, 2.24) is 10.3 Å². The standard InChI is InChI=1S/C13H23N3S/c1-9-5-10(2)8-16(7-9)13-15-11(3)12(17-13)6-14-4/h9-10,14H,5-8H2,1-4H3. The zero-order valence-corrected chi connectivity index (χ0v) is 12.1. The summed E-state index contributed by atoms with van der Waals surface area (Å²) in [5, 5.41) is 4.42. The van der Waals surface area contributed by atoms with Gasteiger partial charge in [-0.05, 0) is 32.2 Å². The van der Waals surface area contributed by atoms with E-state index in [-0.39, 0.29) is 0 Å². The van der Waals surface area contributed by atoms with Crippen LogP contribution in [0.25, 0.3) is 0 Å². The van der Waals surface area contributed by atoms with E-state index in [2.05, 4.69) is 31.0 Å². The molecular formula is C13H23N3S. The number of aromatic nitrogens is 1. The Morgan fingerprint density at radius 3 is 2.59 bits per heavy atom. The normalized spacial score (nSPS) is 25.3. The van der Waals surface area contributed by atoms with Gasteiger partial charge in [0.15, 0.2) is 5.13 Å². The van der Waals surface area contributed by atoms with Gasteiger partial charge in [-0.25, -0.2) is 4.98 Å². The molecule has 0 radical (unpaired) electrons. The van der Waals surface area contributed by atoms with Gasteiger partial charge in [0.2, 0.25) is 0 Å². The van der Waals surface area contributed by atoms with Crippen LogP contribution < -0.4 is 10.2 Å². The number of hydrogen-bond donors (Lipinski definition) is 1. The Morgan fingerprint density at radius 1 is 1.35 bits per heavy atom. The maximum Gasteiger partial charge on any atom is 0.185 e. The molecule has 0 aliphatic carbocycles. The molecule has 0 amide bonds. The van der Waals surface area contributed by atoms with E-state index >= 15 is 0 Å². The number of nitrogens with zero attached hydrogens (tertiary/aromatic N) is 2. The maximum atomic E-state index is 4.73. The predicted octanol–water partition coefficient (Wildman–Crippen LogP) is 2.65. The minimum Gasteiger partial charge on any atom is -0.348 e. The van der Waals surface area contributed by atoms with E-state index in [0.717, 1.165) is 31.5 Å².